The fraction of sp³-hybridized carbons (Fsp3) is 0.111. The van der Waals surface area contributed by atoms with Crippen molar-refractivity contribution in [2.45, 2.75) is 13.5 Å². The van der Waals surface area contributed by atoms with Crippen LogP contribution in [-0.4, -0.2) is 22.3 Å². The number of amides is 1. The van der Waals surface area contributed by atoms with E-state index in [0.29, 0.717) is 11.4 Å². The van der Waals surface area contributed by atoms with E-state index in [4.69, 9.17) is 0 Å². The molecule has 0 aliphatic heterocycles. The van der Waals surface area contributed by atoms with Crippen LogP contribution in [-0.2, 0) is 0 Å². The average molecular weight is 361 g/mol. The second kappa shape index (κ2) is 7.30. The lowest BCUT2D eigenvalue weighted by atomic mass is 10.2. The van der Waals surface area contributed by atoms with Gasteiger partial charge in [-0.1, -0.05) is 12.1 Å². The molecule has 1 amide bonds. The van der Waals surface area contributed by atoms with Crippen molar-refractivity contribution in [2.75, 3.05) is 5.32 Å². The van der Waals surface area contributed by atoms with Crippen molar-refractivity contribution in [3.63, 3.8) is 0 Å². The van der Waals surface area contributed by atoms with Crippen LogP contribution in [0.3, 0.4) is 0 Å². The molecule has 3 rings (SSSR count). The van der Waals surface area contributed by atoms with Crippen LogP contribution in [0.5, 0.6) is 5.75 Å². The van der Waals surface area contributed by atoms with Gasteiger partial charge in [-0.05, 0) is 43.3 Å². The number of halogens is 3. The zero-order valence-corrected chi connectivity index (χ0v) is 13.6. The zero-order chi connectivity index (χ0) is 18.7. The van der Waals surface area contributed by atoms with E-state index in [1.807, 2.05) is 0 Å². The number of ether oxygens (including phenoxy) is 1. The number of para-hydroxylation sites is 2. The summed E-state index contributed by atoms with van der Waals surface area (Å²) >= 11 is 0. The van der Waals surface area contributed by atoms with Gasteiger partial charge in [0.05, 0.1) is 28.8 Å². The van der Waals surface area contributed by atoms with Crippen molar-refractivity contribution in [2.24, 2.45) is 0 Å². The first-order valence-corrected chi connectivity index (χ1v) is 7.61. The maximum absolute atomic E-state index is 13.0. The van der Waals surface area contributed by atoms with Crippen LogP contribution >= 0.6 is 0 Å². The molecule has 1 N–H and O–H groups in total. The first kappa shape index (κ1) is 17.5. The zero-order valence-electron chi connectivity index (χ0n) is 13.6. The largest absolute Gasteiger partial charge is 0.433 e. The topological polar surface area (TPSA) is 56.1 Å². The minimum atomic E-state index is -3.00. The summed E-state index contributed by atoms with van der Waals surface area (Å²) in [7, 11) is 0. The predicted molar refractivity (Wildman–Crippen MR) is 89.3 cm³/mol. The van der Waals surface area contributed by atoms with Crippen molar-refractivity contribution in [3.05, 3.63) is 71.8 Å². The number of aromatic nitrogens is 2. The molecule has 26 heavy (non-hydrogen) atoms. The van der Waals surface area contributed by atoms with Gasteiger partial charge >= 0.3 is 6.61 Å². The van der Waals surface area contributed by atoms with Crippen LogP contribution in [0.4, 0.5) is 18.9 Å². The summed E-state index contributed by atoms with van der Waals surface area (Å²) in [5.74, 6) is -1.05. The van der Waals surface area contributed by atoms with Crippen molar-refractivity contribution < 1.29 is 22.7 Å². The molecular formula is C18H14F3N3O2. The number of rotatable bonds is 5. The standard InChI is InChI=1S/C18H14F3N3O2/c1-11-14(10-22-24(11)13-8-6-12(19)7-9-13)17(25)23-15-4-2-3-5-16(15)26-18(20)21/h2-10,18H,1H3,(H,23,25). The minimum absolute atomic E-state index is 0.117. The second-order valence-electron chi connectivity index (χ2n) is 5.36. The van der Waals surface area contributed by atoms with E-state index in [1.54, 1.807) is 13.0 Å². The molecule has 0 radical (unpaired) electrons. The summed E-state index contributed by atoms with van der Waals surface area (Å²) in [4.78, 5) is 12.5. The lowest BCUT2D eigenvalue weighted by Gasteiger charge is -2.11. The highest BCUT2D eigenvalue weighted by Gasteiger charge is 2.17. The molecule has 5 nitrogen and oxygen atoms in total. The van der Waals surface area contributed by atoms with Gasteiger partial charge in [0, 0.05) is 0 Å². The number of alkyl halides is 2. The van der Waals surface area contributed by atoms with Gasteiger partial charge < -0.3 is 10.1 Å². The van der Waals surface area contributed by atoms with Crippen LogP contribution in [0.25, 0.3) is 5.69 Å². The predicted octanol–water partition coefficient (Wildman–Crippen LogP) is 4.17. The van der Waals surface area contributed by atoms with Gasteiger partial charge in [0.15, 0.2) is 0 Å². The van der Waals surface area contributed by atoms with Gasteiger partial charge in [-0.15, -0.1) is 0 Å². The molecule has 8 heteroatoms. The summed E-state index contributed by atoms with van der Waals surface area (Å²) in [5.41, 5.74) is 1.47. The molecule has 0 spiro atoms. The Morgan fingerprint density at radius 1 is 1.15 bits per heavy atom. The third kappa shape index (κ3) is 3.69. The number of nitrogens with one attached hydrogen (secondary N) is 1. The number of anilines is 1. The Morgan fingerprint density at radius 3 is 2.54 bits per heavy atom. The molecule has 0 saturated heterocycles. The Labute approximate surface area is 147 Å². The highest BCUT2D eigenvalue weighted by Crippen LogP contribution is 2.26. The summed E-state index contributed by atoms with van der Waals surface area (Å²) in [6, 6.07) is 11.5. The van der Waals surface area contributed by atoms with Crippen LogP contribution in [0.15, 0.2) is 54.7 Å². The third-order valence-corrected chi connectivity index (χ3v) is 3.68. The summed E-state index contributed by atoms with van der Waals surface area (Å²) in [6.45, 7) is -1.33. The van der Waals surface area contributed by atoms with Crippen LogP contribution in [0, 0.1) is 12.7 Å². The third-order valence-electron chi connectivity index (χ3n) is 3.68. The maximum atomic E-state index is 13.0. The average Bonchev–Trinajstić information content (AvgIpc) is 2.98. The van der Waals surface area contributed by atoms with Crippen molar-refractivity contribution >= 4 is 11.6 Å². The van der Waals surface area contributed by atoms with E-state index < -0.39 is 12.5 Å². The summed E-state index contributed by atoms with van der Waals surface area (Å²) < 4.78 is 43.9. The van der Waals surface area contributed by atoms with Gasteiger partial charge in [-0.25, -0.2) is 9.07 Å². The molecule has 0 aliphatic rings. The second-order valence-corrected chi connectivity index (χ2v) is 5.36. The van der Waals surface area contributed by atoms with Crippen LogP contribution in [0.2, 0.25) is 0 Å². The Morgan fingerprint density at radius 2 is 1.85 bits per heavy atom. The minimum Gasteiger partial charge on any atom is -0.433 e. The molecule has 1 heterocycles. The molecule has 1 aromatic heterocycles. The van der Waals surface area contributed by atoms with E-state index in [-0.39, 0.29) is 22.8 Å². The fourth-order valence-electron chi connectivity index (χ4n) is 2.43. The highest BCUT2D eigenvalue weighted by molar-refractivity contribution is 6.05. The van der Waals surface area contributed by atoms with Gasteiger partial charge in [0.25, 0.3) is 5.91 Å². The number of nitrogens with zero attached hydrogens (tertiary/aromatic N) is 2. The van der Waals surface area contributed by atoms with Crippen molar-refractivity contribution in [3.8, 4) is 11.4 Å². The van der Waals surface area contributed by atoms with Crippen LogP contribution in [0.1, 0.15) is 16.1 Å². The van der Waals surface area contributed by atoms with Gasteiger partial charge in [0.1, 0.15) is 11.6 Å². The number of hydrogen-bond acceptors (Lipinski definition) is 3. The Hall–Kier alpha value is -3.29. The molecule has 0 unspecified atom stereocenters. The molecule has 0 aliphatic carbocycles. The molecule has 3 aromatic rings. The Kier molecular flexibility index (Phi) is 4.92. The lowest BCUT2D eigenvalue weighted by molar-refractivity contribution is -0.0493. The molecule has 0 fully saturated rings. The molecular weight excluding hydrogens is 347 g/mol. The van der Waals surface area contributed by atoms with E-state index in [1.165, 1.54) is 53.3 Å². The molecule has 2 aromatic carbocycles. The van der Waals surface area contributed by atoms with Crippen molar-refractivity contribution in [1.82, 2.24) is 9.78 Å². The van der Waals surface area contributed by atoms with E-state index in [0.717, 1.165) is 0 Å². The number of hydrogen-bond donors (Lipinski definition) is 1. The van der Waals surface area contributed by atoms with E-state index in [9.17, 15) is 18.0 Å². The lowest BCUT2D eigenvalue weighted by Crippen LogP contribution is -2.14. The molecule has 0 atom stereocenters. The Balaban J connectivity index is 1.85. The molecule has 0 bridgehead atoms. The van der Waals surface area contributed by atoms with Gasteiger partial charge in [-0.2, -0.15) is 13.9 Å². The monoisotopic (exact) mass is 361 g/mol. The first-order valence-electron chi connectivity index (χ1n) is 7.61. The van der Waals surface area contributed by atoms with E-state index in [2.05, 4.69) is 15.2 Å². The highest BCUT2D eigenvalue weighted by atomic mass is 19.3. The number of benzene rings is 2. The first-order chi connectivity index (χ1) is 12.5. The molecule has 134 valence electrons. The Bertz CT molecular complexity index is 924. The number of carbonyl (C=O) groups is 1. The number of carbonyl (C=O) groups excluding carboxylic acids is 1. The van der Waals surface area contributed by atoms with Crippen molar-refractivity contribution in [1.29, 1.82) is 0 Å². The van der Waals surface area contributed by atoms with Gasteiger partial charge in [-0.3, -0.25) is 4.79 Å². The van der Waals surface area contributed by atoms with Crippen LogP contribution < -0.4 is 10.1 Å². The summed E-state index contributed by atoms with van der Waals surface area (Å²) in [5, 5.41) is 6.67. The fourth-order valence-corrected chi connectivity index (χ4v) is 2.43. The molecule has 0 saturated carbocycles. The quantitative estimate of drug-likeness (QED) is 0.742. The smallest absolute Gasteiger partial charge is 0.387 e. The maximum Gasteiger partial charge on any atom is 0.387 e. The summed E-state index contributed by atoms with van der Waals surface area (Å²) in [6.07, 6.45) is 1.35. The SMILES string of the molecule is Cc1c(C(=O)Nc2ccccc2OC(F)F)cnn1-c1ccc(F)cc1. The van der Waals surface area contributed by atoms with Gasteiger partial charge in [0.2, 0.25) is 0 Å². The normalized spacial score (nSPS) is 10.8. The van der Waals surface area contributed by atoms with E-state index >= 15 is 0 Å².